The Morgan fingerprint density at radius 3 is 2.46 bits per heavy atom. The monoisotopic (exact) mass is 355 g/mol. The van der Waals surface area contributed by atoms with Crippen LogP contribution in [0.15, 0.2) is 47.6 Å². The van der Waals surface area contributed by atoms with Crippen molar-refractivity contribution in [2.24, 2.45) is 0 Å². The molecule has 24 heavy (non-hydrogen) atoms. The van der Waals surface area contributed by atoms with E-state index in [-0.39, 0.29) is 18.9 Å². The number of pyridine rings is 1. The highest BCUT2D eigenvalue weighted by Crippen LogP contribution is 2.13. The van der Waals surface area contributed by atoms with Gasteiger partial charge in [-0.1, -0.05) is 0 Å². The number of halogens is 2. The standard InChI is InChI=1S/C15H15F2N3O3S/c16-13-2-1-12(9-14(13)17)24(22,23)20-8-5-15(21)19-10-11-3-6-18-7-4-11/h1-4,6-7,9,20H,5,8,10H2,(H,19,21). The Morgan fingerprint density at radius 2 is 1.79 bits per heavy atom. The summed E-state index contributed by atoms with van der Waals surface area (Å²) in [6, 6.07) is 5.74. The van der Waals surface area contributed by atoms with Crippen LogP contribution in [0, 0.1) is 11.6 Å². The first-order valence-electron chi connectivity index (χ1n) is 6.99. The summed E-state index contributed by atoms with van der Waals surface area (Å²) in [5.41, 5.74) is 0.862. The molecule has 0 radical (unpaired) electrons. The van der Waals surface area contributed by atoms with E-state index in [2.05, 4.69) is 15.0 Å². The molecule has 2 rings (SSSR count). The van der Waals surface area contributed by atoms with Gasteiger partial charge >= 0.3 is 0 Å². The van der Waals surface area contributed by atoms with Gasteiger partial charge in [0.1, 0.15) is 0 Å². The minimum atomic E-state index is -4.01. The van der Waals surface area contributed by atoms with E-state index in [1.54, 1.807) is 24.5 Å². The number of benzene rings is 1. The molecule has 9 heteroatoms. The van der Waals surface area contributed by atoms with E-state index in [0.717, 1.165) is 17.7 Å². The number of aromatic nitrogens is 1. The van der Waals surface area contributed by atoms with Crippen molar-refractivity contribution in [2.75, 3.05) is 6.54 Å². The molecule has 2 N–H and O–H groups in total. The van der Waals surface area contributed by atoms with E-state index < -0.39 is 26.6 Å². The predicted molar refractivity (Wildman–Crippen MR) is 82.2 cm³/mol. The van der Waals surface area contributed by atoms with Gasteiger partial charge in [-0.15, -0.1) is 0 Å². The number of rotatable bonds is 7. The first kappa shape index (κ1) is 18.0. The summed E-state index contributed by atoms with van der Waals surface area (Å²) in [5, 5.41) is 2.63. The van der Waals surface area contributed by atoms with E-state index in [9.17, 15) is 22.0 Å². The lowest BCUT2D eigenvalue weighted by atomic mass is 10.2. The van der Waals surface area contributed by atoms with Crippen molar-refractivity contribution < 1.29 is 22.0 Å². The van der Waals surface area contributed by atoms with Gasteiger partial charge in [-0.3, -0.25) is 9.78 Å². The number of sulfonamides is 1. The van der Waals surface area contributed by atoms with Crippen LogP contribution in [-0.4, -0.2) is 25.9 Å². The summed E-state index contributed by atoms with van der Waals surface area (Å²) >= 11 is 0. The highest BCUT2D eigenvalue weighted by molar-refractivity contribution is 7.89. The van der Waals surface area contributed by atoms with Crippen LogP contribution in [0.5, 0.6) is 0 Å². The molecule has 6 nitrogen and oxygen atoms in total. The molecule has 2 aromatic rings. The predicted octanol–water partition coefficient (Wildman–Crippen LogP) is 1.34. The van der Waals surface area contributed by atoms with Gasteiger partial charge in [0.2, 0.25) is 15.9 Å². The van der Waals surface area contributed by atoms with Crippen LogP contribution < -0.4 is 10.0 Å². The summed E-state index contributed by atoms with van der Waals surface area (Å²) in [5.74, 6) is -2.74. The van der Waals surface area contributed by atoms with Crippen molar-refractivity contribution in [3.63, 3.8) is 0 Å². The van der Waals surface area contributed by atoms with E-state index in [1.807, 2.05) is 0 Å². The average Bonchev–Trinajstić information content (AvgIpc) is 2.56. The maximum atomic E-state index is 13.1. The molecule has 0 saturated heterocycles. The Kier molecular flexibility index (Phi) is 5.93. The molecule has 0 bridgehead atoms. The smallest absolute Gasteiger partial charge is 0.240 e. The quantitative estimate of drug-likeness (QED) is 0.785. The second-order valence-electron chi connectivity index (χ2n) is 4.86. The van der Waals surface area contributed by atoms with Crippen LogP contribution in [0.1, 0.15) is 12.0 Å². The van der Waals surface area contributed by atoms with E-state index in [1.165, 1.54) is 0 Å². The van der Waals surface area contributed by atoms with Gasteiger partial charge in [-0.25, -0.2) is 21.9 Å². The summed E-state index contributed by atoms with van der Waals surface area (Å²) in [7, 11) is -4.01. The van der Waals surface area contributed by atoms with Gasteiger partial charge in [0.05, 0.1) is 4.90 Å². The first-order chi connectivity index (χ1) is 11.4. The summed E-state index contributed by atoms with van der Waals surface area (Å²) in [6.07, 6.45) is 3.10. The molecule has 1 aromatic heterocycles. The zero-order valence-corrected chi connectivity index (χ0v) is 13.3. The first-order valence-corrected chi connectivity index (χ1v) is 8.47. The van der Waals surface area contributed by atoms with E-state index in [4.69, 9.17) is 0 Å². The SMILES string of the molecule is O=C(CCNS(=O)(=O)c1ccc(F)c(F)c1)NCc1ccncc1. The van der Waals surface area contributed by atoms with Gasteiger partial charge in [0.15, 0.2) is 11.6 Å². The molecule has 0 aliphatic carbocycles. The third-order valence-corrected chi connectivity index (χ3v) is 4.54. The van der Waals surface area contributed by atoms with Gasteiger partial charge in [-0.05, 0) is 35.9 Å². The van der Waals surface area contributed by atoms with Gasteiger partial charge in [0, 0.05) is 31.9 Å². The van der Waals surface area contributed by atoms with Crippen molar-refractivity contribution in [2.45, 2.75) is 17.9 Å². The van der Waals surface area contributed by atoms with E-state index >= 15 is 0 Å². The molecule has 0 aliphatic rings. The zero-order chi connectivity index (χ0) is 17.6. The van der Waals surface area contributed by atoms with Crippen LogP contribution in [0.2, 0.25) is 0 Å². The second-order valence-corrected chi connectivity index (χ2v) is 6.62. The second kappa shape index (κ2) is 7.93. The summed E-state index contributed by atoms with van der Waals surface area (Å²) in [6.45, 7) is 0.140. The number of hydrogen-bond acceptors (Lipinski definition) is 4. The molecule has 0 spiro atoms. The molecule has 0 atom stereocenters. The van der Waals surface area contributed by atoms with Crippen molar-refractivity contribution in [1.82, 2.24) is 15.0 Å². The molecule has 1 amide bonds. The van der Waals surface area contributed by atoms with Crippen molar-refractivity contribution in [1.29, 1.82) is 0 Å². The Morgan fingerprint density at radius 1 is 1.08 bits per heavy atom. The van der Waals surface area contributed by atoms with Crippen LogP contribution in [-0.2, 0) is 21.4 Å². The summed E-state index contributed by atoms with van der Waals surface area (Å²) in [4.78, 5) is 15.1. The highest BCUT2D eigenvalue weighted by Gasteiger charge is 2.16. The zero-order valence-electron chi connectivity index (χ0n) is 12.5. The lowest BCUT2D eigenvalue weighted by molar-refractivity contribution is -0.121. The number of nitrogens with zero attached hydrogens (tertiary/aromatic N) is 1. The number of nitrogens with one attached hydrogen (secondary N) is 2. The molecular formula is C15H15F2N3O3S. The fourth-order valence-electron chi connectivity index (χ4n) is 1.82. The lowest BCUT2D eigenvalue weighted by Crippen LogP contribution is -2.30. The van der Waals surface area contributed by atoms with Gasteiger partial charge in [-0.2, -0.15) is 0 Å². The number of carbonyl (C=O) groups excluding carboxylic acids is 1. The van der Waals surface area contributed by atoms with Crippen LogP contribution in [0.4, 0.5) is 8.78 Å². The van der Waals surface area contributed by atoms with E-state index in [0.29, 0.717) is 12.6 Å². The van der Waals surface area contributed by atoms with Crippen LogP contribution >= 0.6 is 0 Å². The van der Waals surface area contributed by atoms with Gasteiger partial charge < -0.3 is 5.32 Å². The fourth-order valence-corrected chi connectivity index (χ4v) is 2.86. The molecule has 0 aliphatic heterocycles. The van der Waals surface area contributed by atoms with Crippen LogP contribution in [0.25, 0.3) is 0 Å². The molecular weight excluding hydrogens is 340 g/mol. The largest absolute Gasteiger partial charge is 0.352 e. The normalized spacial score (nSPS) is 11.2. The van der Waals surface area contributed by atoms with Crippen LogP contribution in [0.3, 0.4) is 0 Å². The number of hydrogen-bond donors (Lipinski definition) is 2. The molecule has 0 saturated carbocycles. The molecule has 128 valence electrons. The van der Waals surface area contributed by atoms with Gasteiger partial charge in [0.25, 0.3) is 0 Å². The third kappa shape index (κ3) is 5.07. The number of amides is 1. The third-order valence-electron chi connectivity index (χ3n) is 3.08. The average molecular weight is 355 g/mol. The molecule has 0 unspecified atom stereocenters. The molecule has 1 aromatic carbocycles. The Balaban J connectivity index is 1.82. The fraction of sp³-hybridized carbons (Fsp3) is 0.200. The van der Waals surface area contributed by atoms with Crippen molar-refractivity contribution in [3.8, 4) is 0 Å². The Labute approximate surface area is 138 Å². The van der Waals surface area contributed by atoms with Crippen molar-refractivity contribution in [3.05, 3.63) is 59.9 Å². The highest BCUT2D eigenvalue weighted by atomic mass is 32.2. The molecule has 0 fully saturated rings. The number of carbonyl (C=O) groups is 1. The topological polar surface area (TPSA) is 88.2 Å². The van der Waals surface area contributed by atoms with Crippen molar-refractivity contribution >= 4 is 15.9 Å². The minimum absolute atomic E-state index is 0.0893. The lowest BCUT2D eigenvalue weighted by Gasteiger charge is -2.08. The Bertz CT molecular complexity index is 814. The minimum Gasteiger partial charge on any atom is -0.352 e. The maximum Gasteiger partial charge on any atom is 0.240 e. The Hall–Kier alpha value is -2.39. The summed E-state index contributed by atoms with van der Waals surface area (Å²) < 4.78 is 51.9. The maximum absolute atomic E-state index is 13.1. The molecule has 1 heterocycles.